The van der Waals surface area contributed by atoms with Crippen LogP contribution in [0.3, 0.4) is 0 Å². The van der Waals surface area contributed by atoms with Crippen molar-refractivity contribution < 1.29 is 48.2 Å². The number of carbonyl (C=O) groups excluding carboxylic acids is 7. The molecule has 71 heavy (non-hydrogen) atoms. The van der Waals surface area contributed by atoms with Gasteiger partial charge >= 0.3 is 12.1 Å². The number of ether oxygens (including phenoxy) is 1. The Hall–Kier alpha value is -7.31. The molecule has 1 unspecified atom stereocenters. The average Bonchev–Trinajstić information content (AvgIpc) is 4.04. The molecule has 374 valence electrons. The first kappa shape index (κ1) is 51.5. The maximum atomic E-state index is 14.5. The Morgan fingerprint density at radius 2 is 1.73 bits per heavy atom. The van der Waals surface area contributed by atoms with Crippen molar-refractivity contribution in [3.8, 4) is 5.75 Å². The Kier molecular flexibility index (Phi) is 16.7. The number of aromatic amines is 1. The highest BCUT2D eigenvalue weighted by molar-refractivity contribution is 6.19. The van der Waals surface area contributed by atoms with E-state index < -0.39 is 41.9 Å². The van der Waals surface area contributed by atoms with Crippen molar-refractivity contribution in [2.75, 3.05) is 62.4 Å². The number of rotatable bonds is 19. The monoisotopic (exact) mass is 990 g/mol. The average molecular weight is 992 g/mol. The number of nitrogens with one attached hydrogen (secondary N) is 4. The number of alkyl halides is 1. The van der Waals surface area contributed by atoms with Gasteiger partial charge in [-0.15, -0.1) is 11.6 Å². The molecule has 7 amide bonds. The third kappa shape index (κ3) is 12.4. The highest BCUT2D eigenvalue weighted by Gasteiger charge is 2.38. The first-order valence-electron chi connectivity index (χ1n) is 23.7. The van der Waals surface area contributed by atoms with E-state index in [1.807, 2.05) is 33.0 Å². The third-order valence-electron chi connectivity index (χ3n) is 12.9. The number of hydrogen-bond acceptors (Lipinski definition) is 10. The zero-order chi connectivity index (χ0) is 50.9. The lowest BCUT2D eigenvalue weighted by molar-refractivity contribution is -0.138. The second-order valence-electron chi connectivity index (χ2n) is 18.1. The number of hydrogen-bond donors (Lipinski definition) is 5. The molecule has 3 aromatic rings. The summed E-state index contributed by atoms with van der Waals surface area (Å²) in [5, 5.41) is 18.3. The lowest BCUT2D eigenvalue weighted by Crippen LogP contribution is -2.49. The maximum absolute atomic E-state index is 14.5. The van der Waals surface area contributed by atoms with Gasteiger partial charge in [0.05, 0.1) is 11.7 Å². The molecule has 1 fully saturated rings. The number of carboxylic acid groups (broad SMARTS) is 1. The van der Waals surface area contributed by atoms with Gasteiger partial charge in [0.1, 0.15) is 17.5 Å². The van der Waals surface area contributed by atoms with Crippen LogP contribution in [0.5, 0.6) is 5.75 Å². The molecule has 2 aromatic carbocycles. The number of aliphatic carboxylic acids is 1. The van der Waals surface area contributed by atoms with Crippen molar-refractivity contribution in [2.24, 2.45) is 0 Å². The van der Waals surface area contributed by atoms with Crippen molar-refractivity contribution in [1.29, 1.82) is 0 Å². The van der Waals surface area contributed by atoms with Gasteiger partial charge in [0, 0.05) is 110 Å². The number of aromatic nitrogens is 1. The predicted octanol–water partition coefficient (Wildman–Crippen LogP) is 6.11. The molecule has 18 nitrogen and oxygen atoms in total. The number of nitrogens with zero attached hydrogens (tertiary/aromatic N) is 4. The first-order valence-corrected chi connectivity index (χ1v) is 24.3. The molecular weight excluding hydrogens is 932 g/mol. The fourth-order valence-electron chi connectivity index (χ4n) is 9.11. The number of carboxylic acids is 1. The van der Waals surface area contributed by atoms with Crippen molar-refractivity contribution in [1.82, 2.24) is 30.3 Å². The van der Waals surface area contributed by atoms with E-state index in [0.717, 1.165) is 29.1 Å². The topological polar surface area (TPSA) is 231 Å². The summed E-state index contributed by atoms with van der Waals surface area (Å²) in [6.07, 6.45) is 12.0. The quantitative estimate of drug-likeness (QED) is 0.0523. The lowest BCUT2D eigenvalue weighted by Gasteiger charge is -2.32. The molecular formula is C52H59ClN8O10. The summed E-state index contributed by atoms with van der Waals surface area (Å²) >= 11 is 6.59. The molecule has 4 aliphatic rings. The minimum atomic E-state index is -1.12. The number of likely N-dealkylation sites (N-methyl/N-ethyl adjacent to an activating group) is 1. The van der Waals surface area contributed by atoms with E-state index in [1.165, 1.54) is 12.2 Å². The Labute approximate surface area is 416 Å². The molecule has 19 heteroatoms. The SMILES string of the molecule is C=C(C)c1c(OC(=O)N2CCN(C)CC2)cc2c(c1/C=C\C)[C@H](CCl)CN2C(=O)c1cc2cc(NC(=O)C3=CCC(NC(=O)[C@H](CCC(=O)O)NC(=O)CCCCCN4C(=O)C=CC4=O)C=C3)ccc2[nH]1. The summed E-state index contributed by atoms with van der Waals surface area (Å²) in [5.41, 5.74) is 5.37. The summed E-state index contributed by atoms with van der Waals surface area (Å²) in [4.78, 5) is 112. The molecule has 5 N–H and O–H groups in total. The Bertz CT molecular complexity index is 2750. The normalized spacial score (nSPS) is 18.2. The zero-order valence-electron chi connectivity index (χ0n) is 40.1. The van der Waals surface area contributed by atoms with Crippen molar-refractivity contribution in [3.05, 3.63) is 101 Å². The van der Waals surface area contributed by atoms with Crippen molar-refractivity contribution in [2.45, 2.75) is 76.8 Å². The summed E-state index contributed by atoms with van der Waals surface area (Å²) < 4.78 is 6.11. The molecule has 0 saturated carbocycles. The smallest absolute Gasteiger partial charge is 0.415 e. The minimum absolute atomic E-state index is 0.0652. The van der Waals surface area contributed by atoms with Crippen LogP contribution in [-0.2, 0) is 28.8 Å². The third-order valence-corrected chi connectivity index (χ3v) is 13.3. The largest absolute Gasteiger partial charge is 0.481 e. The highest BCUT2D eigenvalue weighted by Crippen LogP contribution is 2.47. The Morgan fingerprint density at radius 3 is 2.39 bits per heavy atom. The van der Waals surface area contributed by atoms with Crippen molar-refractivity contribution in [3.63, 3.8) is 0 Å². The highest BCUT2D eigenvalue weighted by atomic mass is 35.5. The first-order chi connectivity index (χ1) is 34.0. The summed E-state index contributed by atoms with van der Waals surface area (Å²) in [6, 6.07) is 7.03. The van der Waals surface area contributed by atoms with Gasteiger partial charge in [-0.1, -0.05) is 43.4 Å². The van der Waals surface area contributed by atoms with Gasteiger partial charge < -0.3 is 45.5 Å². The van der Waals surface area contributed by atoms with Crippen molar-refractivity contribution >= 4 is 93.0 Å². The second-order valence-corrected chi connectivity index (χ2v) is 18.4. The van der Waals surface area contributed by atoms with Gasteiger partial charge in [0.15, 0.2) is 0 Å². The van der Waals surface area contributed by atoms with Crippen LogP contribution in [-0.4, -0.2) is 137 Å². The fraction of sp³-hybridized carbons (Fsp3) is 0.385. The summed E-state index contributed by atoms with van der Waals surface area (Å²) in [7, 11) is 2.00. The number of unbranched alkanes of at least 4 members (excludes halogenated alkanes) is 2. The number of halogens is 1. The number of fused-ring (bicyclic) bond motifs is 2. The van der Waals surface area contributed by atoms with E-state index in [2.05, 4.69) is 32.4 Å². The van der Waals surface area contributed by atoms with Crippen LogP contribution in [0, 0.1) is 0 Å². The van der Waals surface area contributed by atoms with Gasteiger partial charge in [-0.3, -0.25) is 38.5 Å². The zero-order valence-corrected chi connectivity index (χ0v) is 40.8. The number of benzene rings is 2. The van der Waals surface area contributed by atoms with Gasteiger partial charge in [0.25, 0.3) is 23.6 Å². The fourth-order valence-corrected chi connectivity index (χ4v) is 9.36. The van der Waals surface area contributed by atoms with Gasteiger partial charge in [-0.25, -0.2) is 4.79 Å². The number of piperazine rings is 1. The van der Waals surface area contributed by atoms with Crippen LogP contribution < -0.4 is 25.6 Å². The lowest BCUT2D eigenvalue weighted by atomic mass is 9.89. The number of anilines is 2. The van der Waals surface area contributed by atoms with Gasteiger partial charge in [0.2, 0.25) is 11.8 Å². The van der Waals surface area contributed by atoms with E-state index in [9.17, 15) is 43.5 Å². The predicted molar refractivity (Wildman–Crippen MR) is 270 cm³/mol. The van der Waals surface area contributed by atoms with Crippen LogP contribution in [0.4, 0.5) is 16.2 Å². The second kappa shape index (κ2) is 23.1. The Morgan fingerprint density at radius 1 is 0.986 bits per heavy atom. The van der Waals surface area contributed by atoms with E-state index in [1.54, 1.807) is 58.4 Å². The molecule has 1 aromatic heterocycles. The molecule has 1 saturated heterocycles. The molecule has 0 bridgehead atoms. The van der Waals surface area contributed by atoms with Gasteiger partial charge in [-0.05, 0) is 87.5 Å². The molecule has 1 aliphatic carbocycles. The van der Waals surface area contributed by atoms with Crippen LogP contribution in [0.1, 0.15) is 91.9 Å². The molecule has 3 atom stereocenters. The molecule has 7 rings (SSSR count). The number of amides is 7. The summed E-state index contributed by atoms with van der Waals surface area (Å²) in [5.74, 6) is -3.28. The Balaban J connectivity index is 0.970. The molecule has 3 aliphatic heterocycles. The van der Waals surface area contributed by atoms with E-state index in [-0.39, 0.29) is 68.3 Å². The minimum Gasteiger partial charge on any atom is -0.481 e. The van der Waals surface area contributed by atoms with Crippen LogP contribution >= 0.6 is 11.6 Å². The number of imide groups is 1. The molecule has 0 spiro atoms. The van der Waals surface area contributed by atoms with Crippen LogP contribution in [0.25, 0.3) is 22.6 Å². The maximum Gasteiger partial charge on any atom is 0.415 e. The molecule has 0 radical (unpaired) electrons. The number of H-pyrrole nitrogens is 1. The van der Waals surface area contributed by atoms with Crippen LogP contribution in [0.15, 0.2) is 78.9 Å². The van der Waals surface area contributed by atoms with Gasteiger partial charge in [-0.2, -0.15) is 0 Å². The van der Waals surface area contributed by atoms with E-state index in [4.69, 9.17) is 16.3 Å². The summed E-state index contributed by atoms with van der Waals surface area (Å²) in [6.45, 7) is 11.0. The van der Waals surface area contributed by atoms with Crippen LogP contribution in [0.2, 0.25) is 0 Å². The van der Waals surface area contributed by atoms with E-state index in [0.29, 0.717) is 82.8 Å². The molecule has 4 heterocycles. The number of allylic oxidation sites excluding steroid dienone is 2. The number of carbonyl (C=O) groups is 8. The van der Waals surface area contributed by atoms with E-state index >= 15 is 0 Å². The standard InChI is InChI=1S/C52H59ClN8O10/c1-5-9-37-47(31(2)3)42(71-52(70)59-24-22-58(4)23-25-59)28-41-48(37)34(29-53)30-61(41)51(69)40-27-33-26-36(15-16-38(33)56-40)55-49(67)32-11-13-35(14-12-32)54-50(68)39(17-20-46(65)66)57-43(62)10-7-6-8-21-60-44(63)18-19-45(60)64/h5,9,11-13,15-16,18-19,26-28,34-35,39,56H,2,6-8,10,14,17,20-25,29-30H2,1,3-4H3,(H,54,68)(H,55,67)(H,57,62)(H,65,66)/b9-5-/t34-,35?,39+/m1/s1.